The van der Waals surface area contributed by atoms with Gasteiger partial charge < -0.3 is 5.11 Å². The highest BCUT2D eigenvalue weighted by Gasteiger charge is 2.30. The number of rotatable bonds is 4. The number of aliphatic carboxylic acids is 1. The molecule has 0 aliphatic carbocycles. The van der Waals surface area contributed by atoms with Crippen LogP contribution in [-0.2, 0) is 14.8 Å². The summed E-state index contributed by atoms with van der Waals surface area (Å²) in [5, 5.41) is 9.05. The average molecular weight is 353 g/mol. The Morgan fingerprint density at radius 2 is 2.05 bits per heavy atom. The zero-order chi connectivity index (χ0) is 15.6. The number of carbonyl (C=O) groups is 1. The first-order valence-electron chi connectivity index (χ1n) is 6.54. The van der Waals surface area contributed by atoms with E-state index < -0.39 is 22.0 Å². The van der Waals surface area contributed by atoms with E-state index in [0.29, 0.717) is 30.4 Å². The molecule has 118 valence electrons. The normalized spacial score (nSPS) is 20.1. The Balaban J connectivity index is 2.11. The van der Waals surface area contributed by atoms with Gasteiger partial charge in [-0.15, -0.1) is 11.3 Å². The van der Waals surface area contributed by atoms with Crippen molar-refractivity contribution >= 4 is 38.9 Å². The minimum atomic E-state index is -3.54. The predicted octanol–water partition coefficient (Wildman–Crippen LogP) is 1.57. The standard InChI is InChI=1S/C12H17ClN2O4S2/c1-9(12(16)17)14-5-2-6-15(8-7-14)21(18,19)11-4-3-10(13)20-11/h3-4,9H,2,5-8H2,1H3,(H,16,17). The van der Waals surface area contributed by atoms with Crippen LogP contribution < -0.4 is 0 Å². The zero-order valence-electron chi connectivity index (χ0n) is 11.5. The fourth-order valence-electron chi connectivity index (χ4n) is 2.26. The maximum atomic E-state index is 12.5. The van der Waals surface area contributed by atoms with Crippen LogP contribution in [0.5, 0.6) is 0 Å². The molecule has 1 unspecified atom stereocenters. The number of hydrogen-bond acceptors (Lipinski definition) is 5. The molecular weight excluding hydrogens is 336 g/mol. The van der Waals surface area contributed by atoms with Gasteiger partial charge in [-0.05, 0) is 25.5 Å². The second kappa shape index (κ2) is 6.62. The van der Waals surface area contributed by atoms with Crippen LogP contribution in [0.15, 0.2) is 16.3 Å². The minimum Gasteiger partial charge on any atom is -0.480 e. The molecule has 1 N–H and O–H groups in total. The largest absolute Gasteiger partial charge is 0.480 e. The molecular formula is C12H17ClN2O4S2. The van der Waals surface area contributed by atoms with E-state index in [0.717, 1.165) is 11.3 Å². The van der Waals surface area contributed by atoms with Gasteiger partial charge in [0.25, 0.3) is 10.0 Å². The molecule has 0 radical (unpaired) electrons. The SMILES string of the molecule is CC(C(=O)O)N1CCCN(S(=O)(=O)c2ccc(Cl)s2)CC1. The molecule has 1 aromatic heterocycles. The summed E-state index contributed by atoms with van der Waals surface area (Å²) in [4.78, 5) is 12.8. The summed E-state index contributed by atoms with van der Waals surface area (Å²) in [7, 11) is -3.54. The number of nitrogens with zero attached hydrogens (tertiary/aromatic N) is 2. The molecule has 0 amide bonds. The van der Waals surface area contributed by atoms with E-state index in [1.807, 2.05) is 0 Å². The Morgan fingerprint density at radius 3 is 2.62 bits per heavy atom. The van der Waals surface area contributed by atoms with Gasteiger partial charge in [0.2, 0.25) is 0 Å². The molecule has 0 spiro atoms. The van der Waals surface area contributed by atoms with E-state index in [2.05, 4.69) is 0 Å². The Bertz CT molecular complexity index is 617. The average Bonchev–Trinajstić information content (AvgIpc) is 2.72. The van der Waals surface area contributed by atoms with Gasteiger partial charge in [0.05, 0.1) is 4.34 Å². The third kappa shape index (κ3) is 3.75. The summed E-state index contributed by atoms with van der Waals surface area (Å²) in [5.74, 6) is -0.892. The first kappa shape index (κ1) is 16.7. The topological polar surface area (TPSA) is 77.9 Å². The quantitative estimate of drug-likeness (QED) is 0.890. The number of halogens is 1. The van der Waals surface area contributed by atoms with Crippen molar-refractivity contribution in [1.29, 1.82) is 0 Å². The lowest BCUT2D eigenvalue weighted by Crippen LogP contribution is -2.41. The highest BCUT2D eigenvalue weighted by atomic mass is 35.5. The van der Waals surface area contributed by atoms with E-state index in [4.69, 9.17) is 16.7 Å². The summed E-state index contributed by atoms with van der Waals surface area (Å²) in [6, 6.07) is 2.46. The smallest absolute Gasteiger partial charge is 0.320 e. The minimum absolute atomic E-state index is 0.229. The summed E-state index contributed by atoms with van der Waals surface area (Å²) in [5.41, 5.74) is 0. The van der Waals surface area contributed by atoms with E-state index in [-0.39, 0.29) is 10.8 Å². The molecule has 2 heterocycles. The van der Waals surface area contributed by atoms with Crippen molar-refractivity contribution in [1.82, 2.24) is 9.21 Å². The maximum absolute atomic E-state index is 12.5. The van der Waals surface area contributed by atoms with E-state index in [1.54, 1.807) is 17.9 Å². The lowest BCUT2D eigenvalue weighted by Gasteiger charge is -2.24. The van der Waals surface area contributed by atoms with Gasteiger partial charge in [0, 0.05) is 26.2 Å². The van der Waals surface area contributed by atoms with Crippen LogP contribution in [0.2, 0.25) is 4.34 Å². The molecule has 0 saturated carbocycles. The molecule has 0 bridgehead atoms. The van der Waals surface area contributed by atoms with Crippen LogP contribution in [0.25, 0.3) is 0 Å². The van der Waals surface area contributed by atoms with Gasteiger partial charge in [-0.25, -0.2) is 8.42 Å². The van der Waals surface area contributed by atoms with Gasteiger partial charge in [0.15, 0.2) is 0 Å². The Hall–Kier alpha value is -0.670. The fraction of sp³-hybridized carbons (Fsp3) is 0.583. The molecule has 1 atom stereocenters. The molecule has 2 rings (SSSR count). The van der Waals surface area contributed by atoms with Crippen LogP contribution in [0, 0.1) is 0 Å². The summed E-state index contributed by atoms with van der Waals surface area (Å²) in [6.45, 7) is 3.28. The van der Waals surface area contributed by atoms with Gasteiger partial charge in [0.1, 0.15) is 10.3 Å². The summed E-state index contributed by atoms with van der Waals surface area (Å²) >= 11 is 6.83. The van der Waals surface area contributed by atoms with Crippen molar-refractivity contribution in [2.75, 3.05) is 26.2 Å². The number of hydrogen-bond donors (Lipinski definition) is 1. The number of carboxylic acid groups (broad SMARTS) is 1. The van der Waals surface area contributed by atoms with Gasteiger partial charge in [-0.2, -0.15) is 4.31 Å². The van der Waals surface area contributed by atoms with E-state index >= 15 is 0 Å². The second-order valence-electron chi connectivity index (χ2n) is 4.87. The van der Waals surface area contributed by atoms with Gasteiger partial charge >= 0.3 is 5.97 Å². The van der Waals surface area contributed by atoms with Crippen molar-refractivity contribution in [2.45, 2.75) is 23.6 Å². The van der Waals surface area contributed by atoms with Crippen LogP contribution in [0.3, 0.4) is 0 Å². The van der Waals surface area contributed by atoms with Crippen LogP contribution in [-0.4, -0.2) is 60.9 Å². The Kier molecular flexibility index (Phi) is 5.26. The molecule has 0 aromatic carbocycles. The third-order valence-electron chi connectivity index (χ3n) is 3.54. The van der Waals surface area contributed by atoms with Crippen molar-refractivity contribution in [3.8, 4) is 0 Å². The lowest BCUT2D eigenvalue weighted by molar-refractivity contribution is -0.142. The molecule has 9 heteroatoms. The summed E-state index contributed by atoms with van der Waals surface area (Å²) in [6.07, 6.45) is 0.607. The second-order valence-corrected chi connectivity index (χ2v) is 8.75. The number of thiophene rings is 1. The fourth-order valence-corrected chi connectivity index (χ4v) is 5.37. The van der Waals surface area contributed by atoms with E-state index in [1.165, 1.54) is 10.4 Å². The van der Waals surface area contributed by atoms with Crippen LogP contribution in [0.1, 0.15) is 13.3 Å². The molecule has 1 aromatic rings. The highest BCUT2D eigenvalue weighted by Crippen LogP contribution is 2.28. The molecule has 1 aliphatic rings. The lowest BCUT2D eigenvalue weighted by atomic mass is 10.2. The van der Waals surface area contributed by atoms with Gasteiger partial charge in [-0.1, -0.05) is 11.6 Å². The number of sulfonamides is 1. The van der Waals surface area contributed by atoms with Crippen molar-refractivity contribution in [3.05, 3.63) is 16.5 Å². The Morgan fingerprint density at radius 1 is 1.33 bits per heavy atom. The first-order chi connectivity index (χ1) is 9.82. The first-order valence-corrected chi connectivity index (χ1v) is 9.18. The Labute approximate surface area is 133 Å². The van der Waals surface area contributed by atoms with Crippen LogP contribution in [0.4, 0.5) is 0 Å². The van der Waals surface area contributed by atoms with Crippen molar-refractivity contribution < 1.29 is 18.3 Å². The van der Waals surface area contributed by atoms with Crippen molar-refractivity contribution in [2.24, 2.45) is 0 Å². The monoisotopic (exact) mass is 352 g/mol. The maximum Gasteiger partial charge on any atom is 0.320 e. The van der Waals surface area contributed by atoms with E-state index in [9.17, 15) is 13.2 Å². The van der Waals surface area contributed by atoms with Gasteiger partial charge in [-0.3, -0.25) is 9.69 Å². The molecule has 1 aliphatic heterocycles. The molecule has 1 fully saturated rings. The molecule has 6 nitrogen and oxygen atoms in total. The van der Waals surface area contributed by atoms with Crippen molar-refractivity contribution in [3.63, 3.8) is 0 Å². The number of carboxylic acids is 1. The van der Waals surface area contributed by atoms with Crippen LogP contribution >= 0.6 is 22.9 Å². The highest BCUT2D eigenvalue weighted by molar-refractivity contribution is 7.91. The zero-order valence-corrected chi connectivity index (χ0v) is 13.9. The molecule has 21 heavy (non-hydrogen) atoms. The molecule has 1 saturated heterocycles. The summed E-state index contributed by atoms with van der Waals surface area (Å²) < 4.78 is 27.1. The third-order valence-corrected chi connectivity index (χ3v) is 7.13. The predicted molar refractivity (Wildman–Crippen MR) is 81.4 cm³/mol.